The molecular weight excluding hydrogens is 319 g/mol. The fourth-order valence-electron chi connectivity index (χ4n) is 2.70. The summed E-state index contributed by atoms with van der Waals surface area (Å²) in [6.07, 6.45) is 0. The number of esters is 1. The lowest BCUT2D eigenvalue weighted by molar-refractivity contribution is 0.0602. The molecule has 0 heterocycles. The Balaban J connectivity index is 2.20. The van der Waals surface area contributed by atoms with E-state index in [0.717, 1.165) is 10.6 Å². The number of phenols is 1. The molecule has 1 unspecified atom stereocenters. The molecule has 4 heteroatoms. The van der Waals surface area contributed by atoms with Gasteiger partial charge in [-0.2, -0.15) is 0 Å². The molecule has 0 spiro atoms. The standard InChI is InChI=1S/C20H17O3P/c1-23-20(22)18-9-5-6-10-19(18)24(16-7-3-2-4-8-16)17-13-11-15(21)12-14-17/h2-14,21H,1H3/p+1. The third-order valence-electron chi connectivity index (χ3n) is 3.82. The molecule has 0 bridgehead atoms. The SMILES string of the molecule is COC(=O)c1ccccc1[PH+](c1ccccc1)c1ccc(O)cc1. The molecule has 0 saturated carbocycles. The highest BCUT2D eigenvalue weighted by atomic mass is 31.1. The molecule has 3 aromatic carbocycles. The third kappa shape index (κ3) is 3.32. The summed E-state index contributed by atoms with van der Waals surface area (Å²) < 4.78 is 4.96. The zero-order valence-electron chi connectivity index (χ0n) is 13.3. The van der Waals surface area contributed by atoms with Gasteiger partial charge in [0.1, 0.15) is 27.2 Å². The maximum atomic E-state index is 12.2. The number of benzene rings is 3. The first-order valence-corrected chi connectivity index (χ1v) is 9.10. The zero-order chi connectivity index (χ0) is 16.9. The van der Waals surface area contributed by atoms with Crippen LogP contribution in [-0.4, -0.2) is 18.2 Å². The molecule has 24 heavy (non-hydrogen) atoms. The van der Waals surface area contributed by atoms with Crippen LogP contribution in [0.2, 0.25) is 0 Å². The number of ether oxygens (including phenoxy) is 1. The second-order valence-corrected chi connectivity index (χ2v) is 7.77. The molecule has 3 nitrogen and oxygen atoms in total. The van der Waals surface area contributed by atoms with Crippen molar-refractivity contribution in [3.05, 3.63) is 84.4 Å². The summed E-state index contributed by atoms with van der Waals surface area (Å²) >= 11 is 0. The lowest BCUT2D eigenvalue weighted by Crippen LogP contribution is -2.25. The minimum Gasteiger partial charge on any atom is -0.508 e. The van der Waals surface area contributed by atoms with Crippen molar-refractivity contribution in [3.63, 3.8) is 0 Å². The van der Waals surface area contributed by atoms with Crippen LogP contribution in [0, 0.1) is 0 Å². The molecular formula is C20H18O3P+. The van der Waals surface area contributed by atoms with Crippen molar-refractivity contribution in [3.8, 4) is 5.75 Å². The Bertz CT molecular complexity index is 829. The molecule has 0 radical (unpaired) electrons. The van der Waals surface area contributed by atoms with E-state index in [1.807, 2.05) is 48.5 Å². The smallest absolute Gasteiger partial charge is 0.341 e. The Morgan fingerprint density at radius 3 is 2.08 bits per heavy atom. The first-order chi connectivity index (χ1) is 11.7. The van der Waals surface area contributed by atoms with Crippen LogP contribution in [0.1, 0.15) is 10.4 Å². The number of aromatic hydroxyl groups is 1. The maximum Gasteiger partial charge on any atom is 0.341 e. The summed E-state index contributed by atoms with van der Waals surface area (Å²) in [7, 11) is 0.00744. The van der Waals surface area contributed by atoms with E-state index in [-0.39, 0.29) is 11.7 Å². The molecule has 0 saturated heterocycles. The Hall–Kier alpha value is -2.64. The van der Waals surface area contributed by atoms with Crippen molar-refractivity contribution in [1.82, 2.24) is 0 Å². The van der Waals surface area contributed by atoms with E-state index in [1.54, 1.807) is 18.2 Å². The van der Waals surface area contributed by atoms with Crippen LogP contribution in [0.3, 0.4) is 0 Å². The largest absolute Gasteiger partial charge is 0.508 e. The van der Waals surface area contributed by atoms with Gasteiger partial charge in [0.2, 0.25) is 0 Å². The molecule has 0 aliphatic carbocycles. The highest BCUT2D eigenvalue weighted by Gasteiger charge is 2.30. The predicted octanol–water partition coefficient (Wildman–Crippen LogP) is 2.67. The molecule has 0 amide bonds. The van der Waals surface area contributed by atoms with Gasteiger partial charge < -0.3 is 9.84 Å². The average molecular weight is 337 g/mol. The molecule has 0 fully saturated rings. The van der Waals surface area contributed by atoms with Gasteiger partial charge in [0.15, 0.2) is 0 Å². The summed E-state index contributed by atoms with van der Waals surface area (Å²) in [5, 5.41) is 12.8. The van der Waals surface area contributed by atoms with Gasteiger partial charge in [0, 0.05) is 0 Å². The molecule has 1 N–H and O–H groups in total. The monoisotopic (exact) mass is 337 g/mol. The van der Waals surface area contributed by atoms with Gasteiger partial charge in [-0.3, -0.25) is 0 Å². The van der Waals surface area contributed by atoms with Crippen LogP contribution in [-0.2, 0) is 4.74 Å². The quantitative estimate of drug-likeness (QED) is 0.588. The van der Waals surface area contributed by atoms with Crippen LogP contribution in [0.15, 0.2) is 78.9 Å². The first kappa shape index (κ1) is 16.2. The van der Waals surface area contributed by atoms with Crippen molar-refractivity contribution in [2.75, 3.05) is 7.11 Å². The number of hydrogen-bond donors (Lipinski definition) is 1. The summed E-state index contributed by atoms with van der Waals surface area (Å²) in [5.74, 6) is -0.0998. The summed E-state index contributed by atoms with van der Waals surface area (Å²) in [4.78, 5) is 12.2. The fourth-order valence-corrected chi connectivity index (χ4v) is 5.40. The number of carbonyl (C=O) groups is 1. The highest BCUT2D eigenvalue weighted by Crippen LogP contribution is 2.34. The molecule has 0 aliphatic heterocycles. The predicted molar refractivity (Wildman–Crippen MR) is 99.5 cm³/mol. The van der Waals surface area contributed by atoms with Crippen molar-refractivity contribution >= 4 is 29.8 Å². The Morgan fingerprint density at radius 1 is 0.833 bits per heavy atom. The van der Waals surface area contributed by atoms with E-state index in [0.29, 0.717) is 5.56 Å². The van der Waals surface area contributed by atoms with Gasteiger partial charge in [0.05, 0.1) is 15.0 Å². The van der Waals surface area contributed by atoms with Gasteiger partial charge in [0.25, 0.3) is 0 Å². The second-order valence-electron chi connectivity index (χ2n) is 5.33. The maximum absolute atomic E-state index is 12.2. The molecule has 3 rings (SSSR count). The van der Waals surface area contributed by atoms with E-state index < -0.39 is 7.92 Å². The van der Waals surface area contributed by atoms with E-state index in [4.69, 9.17) is 4.74 Å². The minimum atomic E-state index is -1.39. The van der Waals surface area contributed by atoms with Crippen molar-refractivity contribution in [2.45, 2.75) is 0 Å². The fraction of sp³-hybridized carbons (Fsp3) is 0.0500. The highest BCUT2D eigenvalue weighted by molar-refractivity contribution is 7.80. The van der Waals surface area contributed by atoms with E-state index in [1.165, 1.54) is 12.4 Å². The van der Waals surface area contributed by atoms with Gasteiger partial charge in [-0.05, 0) is 48.5 Å². The Kier molecular flexibility index (Phi) is 4.93. The summed E-state index contributed by atoms with van der Waals surface area (Å²) in [6.45, 7) is 0. The van der Waals surface area contributed by atoms with E-state index in [9.17, 15) is 9.90 Å². The lowest BCUT2D eigenvalue weighted by atomic mass is 10.2. The summed E-state index contributed by atoms with van der Waals surface area (Å²) in [6, 6.07) is 24.9. The van der Waals surface area contributed by atoms with Crippen LogP contribution in [0.4, 0.5) is 0 Å². The number of hydrogen-bond acceptors (Lipinski definition) is 3. The van der Waals surface area contributed by atoms with Gasteiger partial charge in [-0.15, -0.1) is 0 Å². The molecule has 1 atom stereocenters. The topological polar surface area (TPSA) is 46.5 Å². The number of methoxy groups -OCH3 is 1. The molecule has 3 aromatic rings. The average Bonchev–Trinajstić information content (AvgIpc) is 2.64. The van der Waals surface area contributed by atoms with Gasteiger partial charge >= 0.3 is 5.97 Å². The van der Waals surface area contributed by atoms with Crippen LogP contribution in [0.25, 0.3) is 0 Å². The Labute approximate surface area is 142 Å². The zero-order valence-corrected chi connectivity index (χ0v) is 14.3. The molecule has 0 aliphatic rings. The minimum absolute atomic E-state index is 0.231. The molecule has 120 valence electrons. The number of rotatable bonds is 4. The van der Waals surface area contributed by atoms with Crippen LogP contribution in [0.5, 0.6) is 5.75 Å². The van der Waals surface area contributed by atoms with Crippen LogP contribution < -0.4 is 15.9 Å². The number of phenolic OH excluding ortho intramolecular Hbond substituents is 1. The van der Waals surface area contributed by atoms with Gasteiger partial charge in [-0.1, -0.05) is 30.3 Å². The van der Waals surface area contributed by atoms with Gasteiger partial charge in [-0.25, -0.2) is 4.79 Å². The molecule has 0 aromatic heterocycles. The lowest BCUT2D eigenvalue weighted by Gasteiger charge is -2.13. The van der Waals surface area contributed by atoms with Crippen molar-refractivity contribution in [2.24, 2.45) is 0 Å². The van der Waals surface area contributed by atoms with Crippen LogP contribution >= 0.6 is 7.92 Å². The van der Waals surface area contributed by atoms with E-state index in [2.05, 4.69) is 12.1 Å². The van der Waals surface area contributed by atoms with E-state index >= 15 is 0 Å². The van der Waals surface area contributed by atoms with Crippen molar-refractivity contribution in [1.29, 1.82) is 0 Å². The first-order valence-electron chi connectivity index (χ1n) is 7.60. The Morgan fingerprint density at radius 2 is 1.42 bits per heavy atom. The third-order valence-corrected chi connectivity index (χ3v) is 6.62. The number of carbonyl (C=O) groups excluding carboxylic acids is 1. The summed E-state index contributed by atoms with van der Waals surface area (Å²) in [5.41, 5.74) is 0.589. The second kappa shape index (κ2) is 7.29. The normalized spacial score (nSPS) is 11.7. The van der Waals surface area contributed by atoms with Crippen molar-refractivity contribution < 1.29 is 14.6 Å².